The Kier molecular flexibility index (Phi) is 3.21. The lowest BCUT2D eigenvalue weighted by Crippen LogP contribution is -2.00. The number of fused-ring (bicyclic) bond motifs is 1. The predicted octanol–water partition coefficient (Wildman–Crippen LogP) is 2.76. The topological polar surface area (TPSA) is 83.8 Å². The van der Waals surface area contributed by atoms with Gasteiger partial charge in [0.2, 0.25) is 0 Å². The number of hydrogen-bond acceptors (Lipinski definition) is 4. The van der Waals surface area contributed by atoms with Gasteiger partial charge in [0.05, 0.1) is 16.7 Å². The average molecular weight is 302 g/mol. The van der Waals surface area contributed by atoms with Crippen molar-refractivity contribution in [3.05, 3.63) is 35.0 Å². The minimum absolute atomic E-state index is 0.221. The average Bonchev–Trinajstić information content (AvgIpc) is 2.90. The van der Waals surface area contributed by atoms with Crippen LogP contribution in [0, 0.1) is 13.8 Å². The first-order valence-corrected chi connectivity index (χ1v) is 7.18. The molecule has 0 atom stereocenters. The molecule has 0 saturated carbocycles. The van der Waals surface area contributed by atoms with E-state index in [4.69, 9.17) is 0 Å². The third kappa shape index (κ3) is 2.40. The van der Waals surface area contributed by atoms with E-state index in [0.29, 0.717) is 15.9 Å². The number of aromatic carboxylic acids is 1. The number of aromatic nitrogens is 4. The van der Waals surface area contributed by atoms with Crippen molar-refractivity contribution in [3.8, 4) is 0 Å². The number of carboxylic acid groups (broad SMARTS) is 1. The van der Waals surface area contributed by atoms with Crippen LogP contribution in [-0.2, 0) is 7.05 Å². The van der Waals surface area contributed by atoms with Crippen LogP contribution in [-0.4, -0.2) is 30.8 Å². The molecule has 0 aliphatic carbocycles. The zero-order chi connectivity index (χ0) is 15.1. The fourth-order valence-electron chi connectivity index (χ4n) is 2.24. The SMILES string of the molecule is Cc1ccc2nc(Sc3c(C(=O)O)c(C)nn3C)[nH]c2c1. The molecule has 0 saturated heterocycles. The molecular formula is C14H14N4O2S. The summed E-state index contributed by atoms with van der Waals surface area (Å²) in [5, 5.41) is 14.7. The molecule has 1 aromatic carbocycles. The van der Waals surface area contributed by atoms with Gasteiger partial charge in [-0.05, 0) is 43.3 Å². The Bertz CT molecular complexity index is 850. The van der Waals surface area contributed by atoms with Crippen LogP contribution in [0.1, 0.15) is 21.6 Å². The zero-order valence-corrected chi connectivity index (χ0v) is 12.7. The van der Waals surface area contributed by atoms with Crippen molar-refractivity contribution in [2.24, 2.45) is 7.05 Å². The van der Waals surface area contributed by atoms with Gasteiger partial charge < -0.3 is 10.1 Å². The Morgan fingerprint density at radius 1 is 1.38 bits per heavy atom. The molecule has 2 heterocycles. The fraction of sp³-hybridized carbons (Fsp3) is 0.214. The molecule has 0 spiro atoms. The van der Waals surface area contributed by atoms with E-state index in [9.17, 15) is 9.90 Å². The van der Waals surface area contributed by atoms with Crippen LogP contribution in [0.3, 0.4) is 0 Å². The van der Waals surface area contributed by atoms with Gasteiger partial charge in [0.1, 0.15) is 10.6 Å². The highest BCUT2D eigenvalue weighted by atomic mass is 32.2. The summed E-state index contributed by atoms with van der Waals surface area (Å²) in [5.74, 6) is -0.977. The minimum atomic E-state index is -0.977. The summed E-state index contributed by atoms with van der Waals surface area (Å²) in [6.45, 7) is 3.70. The first-order valence-electron chi connectivity index (χ1n) is 6.37. The molecule has 0 unspecified atom stereocenters. The van der Waals surface area contributed by atoms with E-state index in [1.54, 1.807) is 18.7 Å². The summed E-state index contributed by atoms with van der Waals surface area (Å²) >= 11 is 1.27. The molecule has 3 aromatic rings. The van der Waals surface area contributed by atoms with Crippen LogP contribution >= 0.6 is 11.8 Å². The highest BCUT2D eigenvalue weighted by Gasteiger charge is 2.21. The van der Waals surface area contributed by atoms with E-state index in [1.807, 2.05) is 25.1 Å². The number of aromatic amines is 1. The maximum absolute atomic E-state index is 11.4. The molecule has 108 valence electrons. The highest BCUT2D eigenvalue weighted by Crippen LogP contribution is 2.31. The summed E-state index contributed by atoms with van der Waals surface area (Å²) in [4.78, 5) is 19.0. The van der Waals surface area contributed by atoms with Gasteiger partial charge in [-0.2, -0.15) is 5.10 Å². The summed E-state index contributed by atoms with van der Waals surface area (Å²) in [5.41, 5.74) is 3.66. The molecule has 0 amide bonds. The molecule has 3 rings (SSSR count). The van der Waals surface area contributed by atoms with Crippen LogP contribution in [0.25, 0.3) is 11.0 Å². The monoisotopic (exact) mass is 302 g/mol. The van der Waals surface area contributed by atoms with Gasteiger partial charge >= 0.3 is 5.97 Å². The smallest absolute Gasteiger partial charge is 0.340 e. The summed E-state index contributed by atoms with van der Waals surface area (Å²) in [6.07, 6.45) is 0. The number of aryl methyl sites for hydroxylation is 3. The number of carbonyl (C=O) groups is 1. The number of imidazole rings is 1. The Hall–Kier alpha value is -2.28. The van der Waals surface area contributed by atoms with E-state index < -0.39 is 5.97 Å². The van der Waals surface area contributed by atoms with Crippen molar-refractivity contribution >= 4 is 28.8 Å². The highest BCUT2D eigenvalue weighted by molar-refractivity contribution is 7.99. The quantitative estimate of drug-likeness (QED) is 0.777. The van der Waals surface area contributed by atoms with E-state index in [-0.39, 0.29) is 5.56 Å². The second-order valence-electron chi connectivity index (χ2n) is 4.86. The third-order valence-corrected chi connectivity index (χ3v) is 4.24. The number of nitrogens with one attached hydrogen (secondary N) is 1. The van der Waals surface area contributed by atoms with Crippen molar-refractivity contribution in [2.45, 2.75) is 24.0 Å². The Labute approximate surface area is 125 Å². The van der Waals surface area contributed by atoms with Crippen molar-refractivity contribution < 1.29 is 9.90 Å². The van der Waals surface area contributed by atoms with Crippen LogP contribution in [0.5, 0.6) is 0 Å². The van der Waals surface area contributed by atoms with Crippen LogP contribution < -0.4 is 0 Å². The number of hydrogen-bond donors (Lipinski definition) is 2. The van der Waals surface area contributed by atoms with Gasteiger partial charge in [0, 0.05) is 7.05 Å². The van der Waals surface area contributed by atoms with Gasteiger partial charge in [0.25, 0.3) is 0 Å². The second-order valence-corrected chi connectivity index (χ2v) is 5.84. The summed E-state index contributed by atoms with van der Waals surface area (Å²) in [7, 11) is 1.73. The molecule has 21 heavy (non-hydrogen) atoms. The molecule has 0 aliphatic heterocycles. The van der Waals surface area contributed by atoms with Crippen molar-refractivity contribution in [2.75, 3.05) is 0 Å². The van der Waals surface area contributed by atoms with Crippen LogP contribution in [0.15, 0.2) is 28.4 Å². The molecule has 2 aromatic heterocycles. The lowest BCUT2D eigenvalue weighted by Gasteiger charge is -2.00. The molecule has 0 bridgehead atoms. The molecule has 6 nitrogen and oxygen atoms in total. The van der Waals surface area contributed by atoms with E-state index >= 15 is 0 Å². The van der Waals surface area contributed by atoms with Gasteiger partial charge in [-0.1, -0.05) is 6.07 Å². The maximum Gasteiger partial charge on any atom is 0.340 e. The largest absolute Gasteiger partial charge is 0.478 e. The standard InChI is InChI=1S/C14H14N4O2S/c1-7-4-5-9-10(6-7)16-14(15-9)21-12-11(13(19)20)8(2)17-18(12)3/h4-6H,1-3H3,(H,15,16)(H,19,20). The second kappa shape index (κ2) is 4.92. The van der Waals surface area contributed by atoms with Crippen molar-refractivity contribution in [1.29, 1.82) is 0 Å². The number of H-pyrrole nitrogens is 1. The van der Waals surface area contributed by atoms with Crippen LogP contribution in [0.2, 0.25) is 0 Å². The normalized spacial score (nSPS) is 11.2. The lowest BCUT2D eigenvalue weighted by atomic mass is 10.2. The number of nitrogens with zero attached hydrogens (tertiary/aromatic N) is 3. The fourth-order valence-corrected chi connectivity index (χ4v) is 3.24. The van der Waals surface area contributed by atoms with Gasteiger partial charge in [-0.15, -0.1) is 0 Å². The van der Waals surface area contributed by atoms with Crippen molar-refractivity contribution in [3.63, 3.8) is 0 Å². The first kappa shape index (κ1) is 13.7. The van der Waals surface area contributed by atoms with E-state index in [0.717, 1.165) is 16.6 Å². The van der Waals surface area contributed by atoms with Gasteiger partial charge in [-0.25, -0.2) is 9.78 Å². The van der Waals surface area contributed by atoms with Crippen LogP contribution in [0.4, 0.5) is 0 Å². The first-order chi connectivity index (χ1) is 9.95. The molecule has 0 fully saturated rings. The minimum Gasteiger partial charge on any atom is -0.478 e. The molecule has 0 aliphatic rings. The number of benzene rings is 1. The lowest BCUT2D eigenvalue weighted by molar-refractivity contribution is 0.0692. The van der Waals surface area contributed by atoms with Crippen molar-refractivity contribution in [1.82, 2.24) is 19.7 Å². The van der Waals surface area contributed by atoms with Gasteiger partial charge in [-0.3, -0.25) is 4.68 Å². The van der Waals surface area contributed by atoms with E-state index in [2.05, 4.69) is 15.1 Å². The maximum atomic E-state index is 11.4. The molecule has 7 heteroatoms. The number of rotatable bonds is 3. The third-order valence-electron chi connectivity index (χ3n) is 3.19. The Morgan fingerprint density at radius 2 is 2.14 bits per heavy atom. The summed E-state index contributed by atoms with van der Waals surface area (Å²) in [6, 6.07) is 5.95. The molecule has 0 radical (unpaired) electrons. The zero-order valence-electron chi connectivity index (χ0n) is 11.8. The molecular weight excluding hydrogens is 288 g/mol. The Balaban J connectivity index is 2.04. The number of carboxylic acids is 1. The summed E-state index contributed by atoms with van der Waals surface area (Å²) < 4.78 is 1.57. The predicted molar refractivity (Wildman–Crippen MR) is 79.9 cm³/mol. The van der Waals surface area contributed by atoms with E-state index in [1.165, 1.54) is 11.8 Å². The molecule has 2 N–H and O–H groups in total. The van der Waals surface area contributed by atoms with Gasteiger partial charge in [0.15, 0.2) is 5.16 Å². The Morgan fingerprint density at radius 3 is 2.86 bits per heavy atom.